The second-order valence-corrected chi connectivity index (χ2v) is 4.35. The van der Waals surface area contributed by atoms with Crippen molar-refractivity contribution in [3.05, 3.63) is 30.6 Å². The van der Waals surface area contributed by atoms with E-state index in [-0.39, 0.29) is 18.3 Å². The first-order chi connectivity index (χ1) is 9.11. The molecule has 1 aromatic heterocycles. The molecule has 0 aliphatic heterocycles. The molecule has 0 saturated carbocycles. The first kappa shape index (κ1) is 16.1. The van der Waals surface area contributed by atoms with Crippen molar-refractivity contribution < 1.29 is 4.79 Å². The average Bonchev–Trinajstić information content (AvgIpc) is 2.84. The summed E-state index contributed by atoms with van der Waals surface area (Å²) >= 11 is 0. The van der Waals surface area contributed by atoms with E-state index in [2.05, 4.69) is 15.5 Å². The van der Waals surface area contributed by atoms with Crippen LogP contribution in [0.5, 0.6) is 0 Å². The van der Waals surface area contributed by atoms with Crippen LogP contribution in [0.3, 0.4) is 0 Å². The number of aryl methyl sites for hydroxylation is 1. The molecular weight excluding hydrogens is 278 g/mol. The fourth-order valence-corrected chi connectivity index (χ4v) is 1.70. The number of hydrogen-bond acceptors (Lipinski definition) is 4. The van der Waals surface area contributed by atoms with Crippen LogP contribution in [0.4, 0.5) is 5.69 Å². The quantitative estimate of drug-likeness (QED) is 0.896. The maximum atomic E-state index is 11.7. The third-order valence-electron chi connectivity index (χ3n) is 2.88. The van der Waals surface area contributed by atoms with Gasteiger partial charge in [-0.1, -0.05) is 19.1 Å². The third kappa shape index (κ3) is 3.55. The summed E-state index contributed by atoms with van der Waals surface area (Å²) in [5.74, 6) is 0.563. The lowest BCUT2D eigenvalue weighted by molar-refractivity contribution is -0.117. The van der Waals surface area contributed by atoms with Crippen LogP contribution >= 0.6 is 12.4 Å². The fourth-order valence-electron chi connectivity index (χ4n) is 1.70. The molecule has 3 N–H and O–H groups in total. The molecule has 108 valence electrons. The zero-order valence-corrected chi connectivity index (χ0v) is 12.2. The largest absolute Gasteiger partial charge is 0.325 e. The zero-order chi connectivity index (χ0) is 13.8. The lowest BCUT2D eigenvalue weighted by Crippen LogP contribution is -2.34. The van der Waals surface area contributed by atoms with Crippen LogP contribution in [0.1, 0.15) is 13.3 Å². The van der Waals surface area contributed by atoms with E-state index in [9.17, 15) is 4.79 Å². The molecule has 20 heavy (non-hydrogen) atoms. The SMILES string of the molecule is CC[C@H](N)C(=O)Nc1cccc(-c2nncn2C)c1.Cl. The summed E-state index contributed by atoms with van der Waals surface area (Å²) in [7, 11) is 1.87. The molecule has 1 aromatic carbocycles. The summed E-state index contributed by atoms with van der Waals surface area (Å²) in [6.07, 6.45) is 2.24. The monoisotopic (exact) mass is 295 g/mol. The number of nitrogens with one attached hydrogen (secondary N) is 1. The number of hydrogen-bond donors (Lipinski definition) is 2. The van der Waals surface area contributed by atoms with E-state index in [0.717, 1.165) is 11.4 Å². The van der Waals surface area contributed by atoms with E-state index in [1.54, 1.807) is 6.33 Å². The Morgan fingerprint density at radius 1 is 1.50 bits per heavy atom. The highest BCUT2D eigenvalue weighted by molar-refractivity contribution is 5.95. The van der Waals surface area contributed by atoms with Crippen LogP contribution in [0, 0.1) is 0 Å². The lowest BCUT2D eigenvalue weighted by Gasteiger charge is -2.10. The van der Waals surface area contributed by atoms with Crippen molar-refractivity contribution in [3.63, 3.8) is 0 Å². The van der Waals surface area contributed by atoms with Gasteiger partial charge < -0.3 is 15.6 Å². The summed E-state index contributed by atoms with van der Waals surface area (Å²) in [5, 5.41) is 10.7. The molecule has 1 heterocycles. The number of halogens is 1. The summed E-state index contributed by atoms with van der Waals surface area (Å²) in [5.41, 5.74) is 7.28. The van der Waals surface area contributed by atoms with Crippen molar-refractivity contribution in [3.8, 4) is 11.4 Å². The summed E-state index contributed by atoms with van der Waals surface area (Å²) in [6.45, 7) is 1.88. The van der Waals surface area contributed by atoms with Crippen LogP contribution in [0.2, 0.25) is 0 Å². The smallest absolute Gasteiger partial charge is 0.241 e. The molecule has 0 saturated heterocycles. The minimum Gasteiger partial charge on any atom is -0.325 e. The Bertz CT molecular complexity index is 584. The molecule has 2 rings (SSSR count). The molecule has 0 spiro atoms. The number of aromatic nitrogens is 3. The fraction of sp³-hybridized carbons (Fsp3) is 0.308. The van der Waals surface area contributed by atoms with E-state index in [1.165, 1.54) is 0 Å². The average molecular weight is 296 g/mol. The van der Waals surface area contributed by atoms with Crippen molar-refractivity contribution in [1.29, 1.82) is 0 Å². The van der Waals surface area contributed by atoms with Gasteiger partial charge >= 0.3 is 0 Å². The van der Waals surface area contributed by atoms with Crippen LogP contribution in [0.25, 0.3) is 11.4 Å². The van der Waals surface area contributed by atoms with Crippen molar-refractivity contribution >= 4 is 24.0 Å². The summed E-state index contributed by atoms with van der Waals surface area (Å²) in [4.78, 5) is 11.7. The number of carbonyl (C=O) groups is 1. The molecule has 0 bridgehead atoms. The van der Waals surface area contributed by atoms with Gasteiger partial charge in [-0.3, -0.25) is 4.79 Å². The highest BCUT2D eigenvalue weighted by Gasteiger charge is 2.12. The Morgan fingerprint density at radius 2 is 2.25 bits per heavy atom. The van der Waals surface area contributed by atoms with Gasteiger partial charge in [0, 0.05) is 18.3 Å². The molecular formula is C13H18ClN5O. The van der Waals surface area contributed by atoms with Crippen molar-refractivity contribution in [2.24, 2.45) is 12.8 Å². The molecule has 2 aromatic rings. The number of nitrogens with zero attached hydrogens (tertiary/aromatic N) is 3. The maximum absolute atomic E-state index is 11.7. The lowest BCUT2D eigenvalue weighted by atomic mass is 10.1. The number of nitrogens with two attached hydrogens (primary N) is 1. The predicted molar refractivity (Wildman–Crippen MR) is 80.6 cm³/mol. The number of carbonyl (C=O) groups excluding carboxylic acids is 1. The molecule has 0 aliphatic carbocycles. The van der Waals surface area contributed by atoms with Crippen molar-refractivity contribution in [2.75, 3.05) is 5.32 Å². The second-order valence-electron chi connectivity index (χ2n) is 4.35. The van der Waals surface area contributed by atoms with Crippen molar-refractivity contribution in [1.82, 2.24) is 14.8 Å². The molecule has 0 radical (unpaired) electrons. The van der Waals surface area contributed by atoms with Gasteiger partial charge in [-0.05, 0) is 18.6 Å². The molecule has 0 fully saturated rings. The second kappa shape index (κ2) is 7.02. The van der Waals surface area contributed by atoms with Gasteiger partial charge in [-0.15, -0.1) is 22.6 Å². The van der Waals surface area contributed by atoms with Gasteiger partial charge in [-0.25, -0.2) is 0 Å². The molecule has 1 atom stereocenters. The van der Waals surface area contributed by atoms with E-state index in [1.807, 2.05) is 42.8 Å². The molecule has 7 heteroatoms. The molecule has 0 unspecified atom stereocenters. The topological polar surface area (TPSA) is 85.8 Å². The van der Waals surface area contributed by atoms with Crippen LogP contribution in [-0.4, -0.2) is 26.7 Å². The third-order valence-corrected chi connectivity index (χ3v) is 2.88. The van der Waals surface area contributed by atoms with Gasteiger partial charge in [0.1, 0.15) is 6.33 Å². The van der Waals surface area contributed by atoms with Gasteiger partial charge in [0.25, 0.3) is 0 Å². The van der Waals surface area contributed by atoms with Gasteiger partial charge in [0.15, 0.2) is 5.82 Å². The van der Waals surface area contributed by atoms with Crippen molar-refractivity contribution in [2.45, 2.75) is 19.4 Å². The Labute approximate surface area is 123 Å². The number of amides is 1. The first-order valence-electron chi connectivity index (χ1n) is 6.12. The Balaban J connectivity index is 0.00000200. The van der Waals surface area contributed by atoms with E-state index in [4.69, 9.17) is 5.73 Å². The highest BCUT2D eigenvalue weighted by atomic mass is 35.5. The maximum Gasteiger partial charge on any atom is 0.241 e. The molecule has 0 aliphatic rings. The minimum atomic E-state index is -0.488. The van der Waals surface area contributed by atoms with Gasteiger partial charge in [-0.2, -0.15) is 0 Å². The van der Waals surface area contributed by atoms with E-state index < -0.39 is 6.04 Å². The van der Waals surface area contributed by atoms with Crippen LogP contribution < -0.4 is 11.1 Å². The Kier molecular flexibility index (Phi) is 5.66. The number of anilines is 1. The normalized spacial score (nSPS) is 11.6. The standard InChI is InChI=1S/C13H17N5O.ClH/c1-3-11(14)13(19)16-10-6-4-5-9(7-10)12-17-15-8-18(12)2;/h4-8,11H,3,14H2,1-2H3,(H,16,19);1H/t11-;/m0./s1. The number of rotatable bonds is 4. The van der Waals surface area contributed by atoms with Crippen LogP contribution in [0.15, 0.2) is 30.6 Å². The summed E-state index contributed by atoms with van der Waals surface area (Å²) in [6, 6.07) is 6.96. The minimum absolute atomic E-state index is 0. The molecule has 1 amide bonds. The van der Waals surface area contributed by atoms with E-state index >= 15 is 0 Å². The van der Waals surface area contributed by atoms with Gasteiger partial charge in [0.2, 0.25) is 5.91 Å². The van der Waals surface area contributed by atoms with Gasteiger partial charge in [0.05, 0.1) is 6.04 Å². The Hall–Kier alpha value is -1.92. The number of benzene rings is 1. The predicted octanol–water partition coefficient (Wildman–Crippen LogP) is 1.58. The zero-order valence-electron chi connectivity index (χ0n) is 11.4. The molecule has 6 nitrogen and oxygen atoms in total. The van der Waals surface area contributed by atoms with E-state index in [0.29, 0.717) is 12.1 Å². The summed E-state index contributed by atoms with van der Waals surface area (Å²) < 4.78 is 1.82. The highest BCUT2D eigenvalue weighted by Crippen LogP contribution is 2.20. The first-order valence-corrected chi connectivity index (χ1v) is 6.12. The van der Waals surface area contributed by atoms with Crippen LogP contribution in [-0.2, 0) is 11.8 Å². The Morgan fingerprint density at radius 3 is 2.85 bits per heavy atom.